The van der Waals surface area contributed by atoms with E-state index in [1.807, 2.05) is 19.0 Å². The van der Waals surface area contributed by atoms with Gasteiger partial charge in [0.05, 0.1) is 9.60 Å². The molecule has 1 aromatic heterocycles. The lowest BCUT2D eigenvalue weighted by Crippen LogP contribution is -2.36. The smallest absolute Gasteiger partial charge is 0.260 e. The molecular weight excluding hydrogens is 470 g/mol. The van der Waals surface area contributed by atoms with Gasteiger partial charge in [0.2, 0.25) is 10.0 Å². The number of thiazole rings is 1. The van der Waals surface area contributed by atoms with Crippen LogP contribution in [-0.4, -0.2) is 68.8 Å². The van der Waals surface area contributed by atoms with Gasteiger partial charge in [-0.25, -0.2) is 22.2 Å². The molecule has 0 bridgehead atoms. The minimum atomic E-state index is -3.59. The van der Waals surface area contributed by atoms with Gasteiger partial charge >= 0.3 is 0 Å². The molecule has 33 heavy (non-hydrogen) atoms. The number of rotatable bonds is 7. The van der Waals surface area contributed by atoms with Crippen LogP contribution in [0.25, 0.3) is 10.2 Å². The Labute approximate surface area is 195 Å². The standard InChI is InChI=1S/C22H24F2N4O3S2/c1-26(2)11-12-28(22-25-20-18(24)13-16(23)14-19(20)32-22)21(29)15-5-7-17(8-6-15)33(30,31)27-9-3-4-10-27/h5-8,13-14H,3-4,9-12H2,1-2H3. The second-order valence-electron chi connectivity index (χ2n) is 8.13. The third-order valence-electron chi connectivity index (χ3n) is 5.45. The maximum Gasteiger partial charge on any atom is 0.260 e. The summed E-state index contributed by atoms with van der Waals surface area (Å²) >= 11 is 1.03. The number of likely N-dealkylation sites (N-methyl/N-ethyl adjacent to an activating group) is 1. The largest absolute Gasteiger partial charge is 0.308 e. The van der Waals surface area contributed by atoms with Crippen LogP contribution in [0.15, 0.2) is 41.3 Å². The Kier molecular flexibility index (Phi) is 6.76. The van der Waals surface area contributed by atoms with Gasteiger partial charge in [0.15, 0.2) is 10.9 Å². The van der Waals surface area contributed by atoms with Crippen LogP contribution in [0.3, 0.4) is 0 Å². The fourth-order valence-electron chi connectivity index (χ4n) is 3.65. The van der Waals surface area contributed by atoms with Crippen LogP contribution >= 0.6 is 11.3 Å². The minimum Gasteiger partial charge on any atom is -0.308 e. The van der Waals surface area contributed by atoms with Crippen LogP contribution in [0, 0.1) is 11.6 Å². The van der Waals surface area contributed by atoms with Crippen molar-refractivity contribution in [1.82, 2.24) is 14.2 Å². The molecule has 0 unspecified atom stereocenters. The number of carbonyl (C=O) groups excluding carboxylic acids is 1. The Morgan fingerprint density at radius 1 is 1.09 bits per heavy atom. The van der Waals surface area contributed by atoms with Crippen molar-refractivity contribution >= 4 is 42.6 Å². The van der Waals surface area contributed by atoms with Gasteiger partial charge in [-0.2, -0.15) is 4.31 Å². The molecule has 11 heteroatoms. The monoisotopic (exact) mass is 494 g/mol. The summed E-state index contributed by atoms with van der Waals surface area (Å²) in [6, 6.07) is 7.75. The molecule has 0 N–H and O–H groups in total. The van der Waals surface area contributed by atoms with E-state index in [0.29, 0.717) is 24.3 Å². The van der Waals surface area contributed by atoms with Crippen LogP contribution in [0.2, 0.25) is 0 Å². The summed E-state index contributed by atoms with van der Waals surface area (Å²) in [6.07, 6.45) is 1.67. The highest BCUT2D eigenvalue weighted by atomic mass is 32.2. The van der Waals surface area contributed by atoms with Crippen molar-refractivity contribution < 1.29 is 22.0 Å². The van der Waals surface area contributed by atoms with Gasteiger partial charge in [-0.15, -0.1) is 0 Å². The molecule has 1 aliphatic rings. The van der Waals surface area contributed by atoms with Crippen LogP contribution in [0.4, 0.5) is 13.9 Å². The van der Waals surface area contributed by atoms with Crippen LogP contribution < -0.4 is 4.90 Å². The fourth-order valence-corrected chi connectivity index (χ4v) is 6.19. The first-order chi connectivity index (χ1) is 15.7. The second kappa shape index (κ2) is 9.41. The van der Waals surface area contributed by atoms with Gasteiger partial charge in [0.25, 0.3) is 5.91 Å². The van der Waals surface area contributed by atoms with Crippen molar-refractivity contribution in [2.45, 2.75) is 17.7 Å². The highest BCUT2D eigenvalue weighted by Gasteiger charge is 2.28. The molecule has 2 heterocycles. The Bertz CT molecular complexity index is 1270. The number of hydrogen-bond acceptors (Lipinski definition) is 6. The van der Waals surface area contributed by atoms with Gasteiger partial charge in [-0.3, -0.25) is 9.69 Å². The number of nitrogens with zero attached hydrogens (tertiary/aromatic N) is 4. The van der Waals surface area contributed by atoms with E-state index in [9.17, 15) is 22.0 Å². The molecule has 1 saturated heterocycles. The number of carbonyl (C=O) groups is 1. The number of amides is 1. The van der Waals surface area contributed by atoms with E-state index < -0.39 is 27.6 Å². The summed E-state index contributed by atoms with van der Waals surface area (Å²) in [4.78, 5) is 21.0. The summed E-state index contributed by atoms with van der Waals surface area (Å²) in [7, 11) is 0.124. The van der Waals surface area contributed by atoms with Gasteiger partial charge in [0, 0.05) is 37.8 Å². The molecule has 0 radical (unpaired) electrons. The SMILES string of the molecule is CN(C)CCN(C(=O)c1ccc(S(=O)(=O)N2CCCC2)cc1)c1nc2c(F)cc(F)cc2s1. The molecule has 7 nitrogen and oxygen atoms in total. The number of aromatic nitrogens is 1. The molecule has 3 aromatic rings. The third kappa shape index (κ3) is 4.91. The number of hydrogen-bond donors (Lipinski definition) is 0. The number of fused-ring (bicyclic) bond motifs is 1. The van der Waals surface area contributed by atoms with Gasteiger partial charge in [0.1, 0.15) is 11.3 Å². The average molecular weight is 495 g/mol. The molecule has 1 aliphatic heterocycles. The summed E-state index contributed by atoms with van der Waals surface area (Å²) in [5.74, 6) is -1.90. The number of anilines is 1. The zero-order valence-electron chi connectivity index (χ0n) is 18.3. The molecule has 1 amide bonds. The Morgan fingerprint density at radius 2 is 1.76 bits per heavy atom. The van der Waals surface area contributed by atoms with E-state index in [-0.39, 0.29) is 27.7 Å². The van der Waals surface area contributed by atoms with E-state index in [1.165, 1.54) is 39.5 Å². The number of sulfonamides is 1. The van der Waals surface area contributed by atoms with E-state index in [2.05, 4.69) is 4.98 Å². The van der Waals surface area contributed by atoms with Crippen LogP contribution in [0.1, 0.15) is 23.2 Å². The molecule has 0 saturated carbocycles. The molecular formula is C22H24F2N4O3S2. The summed E-state index contributed by atoms with van der Waals surface area (Å²) in [6.45, 7) is 1.77. The zero-order chi connectivity index (χ0) is 23.8. The Balaban J connectivity index is 1.65. The highest BCUT2D eigenvalue weighted by Crippen LogP contribution is 2.32. The third-order valence-corrected chi connectivity index (χ3v) is 8.39. The maximum absolute atomic E-state index is 14.2. The fraction of sp³-hybridized carbons (Fsp3) is 0.364. The lowest BCUT2D eigenvalue weighted by molar-refractivity contribution is 0.0985. The quantitative estimate of drug-likeness (QED) is 0.502. The van der Waals surface area contributed by atoms with Crippen molar-refractivity contribution in [3.05, 3.63) is 53.6 Å². The molecule has 176 valence electrons. The molecule has 4 rings (SSSR count). The zero-order valence-corrected chi connectivity index (χ0v) is 19.9. The maximum atomic E-state index is 14.2. The van der Waals surface area contributed by atoms with Crippen molar-refractivity contribution in [1.29, 1.82) is 0 Å². The predicted molar refractivity (Wildman–Crippen MR) is 124 cm³/mol. The highest BCUT2D eigenvalue weighted by molar-refractivity contribution is 7.89. The van der Waals surface area contributed by atoms with E-state index in [1.54, 1.807) is 0 Å². The van der Waals surface area contributed by atoms with Gasteiger partial charge in [-0.1, -0.05) is 11.3 Å². The first kappa shape index (κ1) is 23.7. The normalized spacial score (nSPS) is 14.9. The predicted octanol–water partition coefficient (Wildman–Crippen LogP) is 3.57. The Hall–Kier alpha value is -2.47. The second-order valence-corrected chi connectivity index (χ2v) is 11.1. The van der Waals surface area contributed by atoms with Crippen molar-refractivity contribution in [2.24, 2.45) is 0 Å². The van der Waals surface area contributed by atoms with Crippen molar-refractivity contribution in [2.75, 3.05) is 45.2 Å². The minimum absolute atomic E-state index is 0.00566. The van der Waals surface area contributed by atoms with E-state index in [0.717, 1.165) is 30.2 Å². The molecule has 0 atom stereocenters. The van der Waals surface area contributed by atoms with Gasteiger partial charge in [-0.05, 0) is 57.3 Å². The summed E-state index contributed by atoms with van der Waals surface area (Å²) in [5.41, 5.74) is 0.283. The van der Waals surface area contributed by atoms with Crippen molar-refractivity contribution in [3.63, 3.8) is 0 Å². The topological polar surface area (TPSA) is 73.8 Å². The van der Waals surface area contributed by atoms with Crippen LogP contribution in [-0.2, 0) is 10.0 Å². The van der Waals surface area contributed by atoms with Gasteiger partial charge < -0.3 is 4.90 Å². The summed E-state index contributed by atoms with van der Waals surface area (Å²) in [5, 5.41) is 0.245. The van der Waals surface area contributed by atoms with E-state index in [4.69, 9.17) is 0 Å². The molecule has 0 spiro atoms. The average Bonchev–Trinajstić information content (AvgIpc) is 3.44. The Morgan fingerprint density at radius 3 is 2.39 bits per heavy atom. The summed E-state index contributed by atoms with van der Waals surface area (Å²) < 4.78 is 55.1. The molecule has 2 aromatic carbocycles. The lowest BCUT2D eigenvalue weighted by atomic mass is 10.2. The molecule has 1 fully saturated rings. The molecule has 0 aliphatic carbocycles. The van der Waals surface area contributed by atoms with Crippen LogP contribution in [0.5, 0.6) is 0 Å². The lowest BCUT2D eigenvalue weighted by Gasteiger charge is -2.22. The van der Waals surface area contributed by atoms with E-state index >= 15 is 0 Å². The number of halogens is 2. The number of benzene rings is 2. The first-order valence-corrected chi connectivity index (χ1v) is 12.7. The van der Waals surface area contributed by atoms with Crippen molar-refractivity contribution in [3.8, 4) is 0 Å². The first-order valence-electron chi connectivity index (χ1n) is 10.5.